The number of carbonyl (C=O) groups excluding carboxylic acids is 1. The van der Waals surface area contributed by atoms with Crippen LogP contribution < -0.4 is 11.3 Å². The Morgan fingerprint density at radius 3 is 2.66 bits per heavy atom. The number of aliphatic hydroxyl groups excluding tert-OH is 1. The number of ether oxygens (including phenoxy) is 2. The maximum Gasteiger partial charge on any atom is 0.308 e. The number of nitrogens with one attached hydrogen (secondary N) is 1. The minimum atomic E-state index is -2.34. The van der Waals surface area contributed by atoms with E-state index >= 15 is 0 Å². The number of nitrogens with two attached hydrogens (primary N) is 1. The molecule has 1 unspecified atom stereocenters. The van der Waals surface area contributed by atoms with Crippen molar-refractivity contribution in [2.45, 2.75) is 77.3 Å². The van der Waals surface area contributed by atoms with Crippen molar-refractivity contribution in [3.05, 3.63) is 16.7 Å². The molecule has 0 spiro atoms. The van der Waals surface area contributed by atoms with Crippen LogP contribution in [0.25, 0.3) is 11.2 Å². The monoisotopic (exact) mass is 467 g/mol. The Labute approximate surface area is 187 Å². The van der Waals surface area contributed by atoms with Gasteiger partial charge in [0.05, 0.1) is 12.2 Å². The molecule has 0 radical (unpaired) electrons. The Balaban J connectivity index is 1.99. The number of imidazole rings is 1. The van der Waals surface area contributed by atoms with Crippen molar-refractivity contribution in [1.82, 2.24) is 19.5 Å². The number of carbonyl (C=O) groups is 1. The van der Waals surface area contributed by atoms with Gasteiger partial charge in [-0.15, -0.1) is 0 Å². The van der Waals surface area contributed by atoms with E-state index in [9.17, 15) is 14.7 Å². The van der Waals surface area contributed by atoms with Gasteiger partial charge < -0.3 is 24.7 Å². The Morgan fingerprint density at radius 1 is 1.41 bits per heavy atom. The number of nitrogens with zero attached hydrogens (tertiary/aromatic N) is 3. The van der Waals surface area contributed by atoms with Crippen LogP contribution in [0, 0.1) is 5.92 Å². The average Bonchev–Trinajstić information content (AvgIpc) is 3.20. The molecule has 1 fully saturated rings. The molecular weight excluding hydrogens is 434 g/mol. The van der Waals surface area contributed by atoms with E-state index in [0.717, 1.165) is 0 Å². The zero-order valence-corrected chi connectivity index (χ0v) is 20.6. The van der Waals surface area contributed by atoms with Gasteiger partial charge in [0.25, 0.3) is 5.56 Å². The van der Waals surface area contributed by atoms with E-state index in [-0.39, 0.29) is 40.6 Å². The highest BCUT2D eigenvalue weighted by Crippen LogP contribution is 2.42. The van der Waals surface area contributed by atoms with Gasteiger partial charge in [0, 0.05) is 0 Å². The zero-order valence-electron chi connectivity index (χ0n) is 19.6. The van der Waals surface area contributed by atoms with Crippen LogP contribution in [0.2, 0.25) is 18.1 Å². The topological polar surface area (TPSA) is 155 Å². The molecule has 0 bridgehead atoms. The van der Waals surface area contributed by atoms with Crippen LogP contribution in [0.3, 0.4) is 0 Å². The van der Waals surface area contributed by atoms with Crippen molar-refractivity contribution in [2.24, 2.45) is 5.92 Å². The normalized spacial score (nSPS) is 24.4. The van der Waals surface area contributed by atoms with Crippen molar-refractivity contribution in [2.75, 3.05) is 12.3 Å². The van der Waals surface area contributed by atoms with Crippen LogP contribution in [0.1, 0.15) is 40.8 Å². The summed E-state index contributed by atoms with van der Waals surface area (Å²) in [5.41, 5.74) is 5.56. The molecule has 1 aliphatic heterocycles. The van der Waals surface area contributed by atoms with Gasteiger partial charge >= 0.3 is 5.97 Å². The number of nitrogen functional groups attached to an aromatic ring is 1. The number of hydrogen-bond acceptors (Lipinski definition) is 9. The van der Waals surface area contributed by atoms with Gasteiger partial charge in [-0.3, -0.25) is 19.1 Å². The number of fused-ring (bicyclic) bond motifs is 1. The minimum absolute atomic E-state index is 0.0629. The molecule has 12 heteroatoms. The Bertz CT molecular complexity index is 1040. The fourth-order valence-electron chi connectivity index (χ4n) is 3.18. The second kappa shape index (κ2) is 8.58. The van der Waals surface area contributed by atoms with Crippen LogP contribution >= 0.6 is 0 Å². The van der Waals surface area contributed by atoms with E-state index < -0.39 is 38.4 Å². The van der Waals surface area contributed by atoms with Crippen molar-refractivity contribution >= 4 is 31.4 Å². The molecular formula is C20H33N5O6Si. The maximum absolute atomic E-state index is 12.2. The fraction of sp³-hybridized carbons (Fsp3) is 0.700. The number of anilines is 1. The predicted octanol–water partition coefficient (Wildman–Crippen LogP) is 1.55. The Hall–Kier alpha value is -2.28. The van der Waals surface area contributed by atoms with Crippen LogP contribution in [0.5, 0.6) is 0 Å². The molecule has 0 aromatic carbocycles. The molecule has 178 valence electrons. The molecule has 1 saturated heterocycles. The predicted molar refractivity (Wildman–Crippen MR) is 120 cm³/mol. The lowest BCUT2D eigenvalue weighted by Crippen LogP contribution is -2.48. The van der Waals surface area contributed by atoms with Gasteiger partial charge in [-0.25, -0.2) is 4.98 Å². The standard InChI is InChI=1S/C20H33N5O6Si/c1-10(2)18(28)29-8-11-13(26)14(31-32(6,7)20(3,4)5)17(30-11)25-9-22-12-15(25)23-19(21)24-16(12)27/h9-11,13-14,17,26H,8H2,1-7H3,(H3,21,23,24,27)/t11-,13?,14-,17-/m1/s1. The van der Waals surface area contributed by atoms with E-state index in [2.05, 4.69) is 48.8 Å². The lowest BCUT2D eigenvalue weighted by atomic mass is 10.1. The van der Waals surface area contributed by atoms with Crippen molar-refractivity contribution in [3.8, 4) is 0 Å². The summed E-state index contributed by atoms with van der Waals surface area (Å²) >= 11 is 0. The summed E-state index contributed by atoms with van der Waals surface area (Å²) < 4.78 is 19.5. The van der Waals surface area contributed by atoms with Gasteiger partial charge in [0.1, 0.15) is 24.9 Å². The Kier molecular flexibility index (Phi) is 6.53. The van der Waals surface area contributed by atoms with E-state index in [1.165, 1.54) is 10.9 Å². The van der Waals surface area contributed by atoms with Crippen LogP contribution in [-0.4, -0.2) is 63.8 Å². The lowest BCUT2D eigenvalue weighted by molar-refractivity contribution is -0.153. The number of rotatable bonds is 6. The SMILES string of the molecule is CC(C)C(=O)OC[C@H]1O[C@@H](n2cnc3c(=O)[nH]c(N)nc32)[C@H](O[Si](C)(C)C(C)(C)C)C1O. The molecule has 3 rings (SSSR count). The molecule has 11 nitrogen and oxygen atoms in total. The van der Waals surface area contributed by atoms with E-state index in [0.29, 0.717) is 0 Å². The third kappa shape index (κ3) is 4.58. The fourth-order valence-corrected chi connectivity index (χ4v) is 4.47. The van der Waals surface area contributed by atoms with Crippen molar-refractivity contribution < 1.29 is 23.8 Å². The first-order valence-electron chi connectivity index (χ1n) is 10.6. The molecule has 0 amide bonds. The first-order chi connectivity index (χ1) is 14.7. The third-order valence-electron chi connectivity index (χ3n) is 6.14. The first kappa shape index (κ1) is 24.4. The number of aliphatic hydroxyl groups is 1. The van der Waals surface area contributed by atoms with E-state index in [4.69, 9.17) is 19.6 Å². The molecule has 2 aromatic rings. The lowest BCUT2D eigenvalue weighted by Gasteiger charge is -2.40. The second-order valence-electron chi connectivity index (χ2n) is 9.96. The van der Waals surface area contributed by atoms with Crippen LogP contribution in [0.4, 0.5) is 5.95 Å². The van der Waals surface area contributed by atoms with Crippen LogP contribution in [0.15, 0.2) is 11.1 Å². The summed E-state index contributed by atoms with van der Waals surface area (Å²) in [6.07, 6.45) is -2.13. The zero-order chi connectivity index (χ0) is 24.0. The summed E-state index contributed by atoms with van der Waals surface area (Å²) in [5.74, 6) is -0.757. The summed E-state index contributed by atoms with van der Waals surface area (Å²) in [6.45, 7) is 13.7. The number of aromatic nitrogens is 4. The number of esters is 1. The molecule has 32 heavy (non-hydrogen) atoms. The van der Waals surface area contributed by atoms with Gasteiger partial charge in [-0.2, -0.15) is 4.98 Å². The van der Waals surface area contributed by atoms with Crippen molar-refractivity contribution in [3.63, 3.8) is 0 Å². The Morgan fingerprint density at radius 2 is 2.06 bits per heavy atom. The first-order valence-corrected chi connectivity index (χ1v) is 13.5. The number of aromatic amines is 1. The van der Waals surface area contributed by atoms with Crippen LogP contribution in [-0.2, 0) is 18.7 Å². The average molecular weight is 468 g/mol. The van der Waals surface area contributed by atoms with E-state index in [1.54, 1.807) is 13.8 Å². The van der Waals surface area contributed by atoms with Crippen molar-refractivity contribution in [1.29, 1.82) is 0 Å². The molecule has 1 aliphatic rings. The summed E-state index contributed by atoms with van der Waals surface area (Å²) in [6, 6.07) is 0. The highest BCUT2D eigenvalue weighted by Gasteiger charge is 2.51. The smallest absolute Gasteiger partial charge is 0.308 e. The maximum atomic E-state index is 12.2. The van der Waals surface area contributed by atoms with Gasteiger partial charge in [0.15, 0.2) is 25.7 Å². The summed E-state index contributed by atoms with van der Waals surface area (Å²) in [7, 11) is -2.34. The molecule has 2 aromatic heterocycles. The van der Waals surface area contributed by atoms with Gasteiger partial charge in [0.2, 0.25) is 5.95 Å². The quantitative estimate of drug-likeness (QED) is 0.424. The molecule has 0 aliphatic carbocycles. The van der Waals surface area contributed by atoms with Gasteiger partial charge in [-0.1, -0.05) is 34.6 Å². The molecule has 4 N–H and O–H groups in total. The minimum Gasteiger partial charge on any atom is -0.463 e. The summed E-state index contributed by atoms with van der Waals surface area (Å²) in [4.78, 5) is 34.9. The largest absolute Gasteiger partial charge is 0.463 e. The highest BCUT2D eigenvalue weighted by molar-refractivity contribution is 6.74. The highest BCUT2D eigenvalue weighted by atomic mass is 28.4. The van der Waals surface area contributed by atoms with Gasteiger partial charge in [-0.05, 0) is 18.1 Å². The summed E-state index contributed by atoms with van der Waals surface area (Å²) in [5, 5.41) is 11.0. The number of H-pyrrole nitrogens is 1. The van der Waals surface area contributed by atoms with E-state index in [1.807, 2.05) is 0 Å². The third-order valence-corrected chi connectivity index (χ3v) is 10.6. The molecule has 4 atom stereocenters. The molecule has 3 heterocycles. The number of hydrogen-bond donors (Lipinski definition) is 3. The second-order valence-corrected chi connectivity index (χ2v) is 14.7. The molecule has 0 saturated carbocycles.